The molecule has 0 aliphatic heterocycles. The van der Waals surface area contributed by atoms with Gasteiger partial charge in [-0.15, -0.1) is 0 Å². The minimum atomic E-state index is 0. The Labute approximate surface area is 185 Å². The normalized spacial score (nSPS) is 11.5. The predicted molar refractivity (Wildman–Crippen MR) is 116 cm³/mol. The fourth-order valence-electron chi connectivity index (χ4n) is 2.95. The molecular weight excluding hydrogens is 362 g/mol. The van der Waals surface area contributed by atoms with Crippen molar-refractivity contribution in [2.45, 2.75) is 47.0 Å². The molecule has 0 spiro atoms. The fraction of sp³-hybridized carbons (Fsp3) is 0.435. The molecule has 2 aromatic rings. The second-order valence-corrected chi connectivity index (χ2v) is 9.04. The molecule has 28 heavy (non-hydrogen) atoms. The molecule has 0 saturated heterocycles. The summed E-state index contributed by atoms with van der Waals surface area (Å²) in [7, 11) is 0.111. The van der Waals surface area contributed by atoms with Gasteiger partial charge in [-0.3, -0.25) is 4.79 Å². The second kappa shape index (κ2) is 11.2. The Hall–Kier alpha value is -1.10. The van der Waals surface area contributed by atoms with Crippen LogP contribution in [0.3, 0.4) is 0 Å². The Morgan fingerprint density at radius 2 is 1.61 bits per heavy atom. The summed E-state index contributed by atoms with van der Waals surface area (Å²) in [5, 5.41) is 1.02. The van der Waals surface area contributed by atoms with Crippen molar-refractivity contribution in [2.75, 3.05) is 19.8 Å². The van der Waals surface area contributed by atoms with E-state index in [-0.39, 0.29) is 39.8 Å². The van der Waals surface area contributed by atoms with E-state index in [1.165, 1.54) is 5.56 Å². The monoisotopic (exact) mass is 394 g/mol. The number of carbonyl (C=O) groups excluding carboxylic acids is 1. The van der Waals surface area contributed by atoms with Crippen LogP contribution in [0.25, 0.3) is 0 Å². The molecule has 1 atom stereocenters. The van der Waals surface area contributed by atoms with Crippen molar-refractivity contribution in [3.8, 4) is 5.75 Å². The first kappa shape index (κ1) is 24.9. The van der Waals surface area contributed by atoms with E-state index in [1.54, 1.807) is 0 Å². The third kappa shape index (κ3) is 7.05. The Bertz CT molecular complexity index is 763. The summed E-state index contributed by atoms with van der Waals surface area (Å²) in [4.78, 5) is 12.9. The second-order valence-electron chi connectivity index (χ2n) is 7.76. The maximum absolute atomic E-state index is 12.9. The zero-order valence-corrected chi connectivity index (χ0v) is 19.3. The van der Waals surface area contributed by atoms with Gasteiger partial charge in [-0.05, 0) is 68.9 Å². The van der Waals surface area contributed by atoms with Gasteiger partial charge in [0.2, 0.25) is 0 Å². The van der Waals surface area contributed by atoms with E-state index in [9.17, 15) is 4.79 Å². The van der Waals surface area contributed by atoms with Crippen LogP contribution >= 0.6 is 8.58 Å². The maximum atomic E-state index is 12.9. The molecule has 0 fully saturated rings. The molecule has 0 aromatic heterocycles. The summed E-state index contributed by atoms with van der Waals surface area (Å²) in [5.74, 6) is 0.803. The topological polar surface area (TPSA) is 35.5 Å². The van der Waals surface area contributed by atoms with E-state index in [0.29, 0.717) is 19.8 Å². The van der Waals surface area contributed by atoms with Crippen molar-refractivity contribution in [1.29, 1.82) is 0 Å². The van der Waals surface area contributed by atoms with Crippen LogP contribution in [0.4, 0.5) is 0 Å². The standard InChI is InChI=1S/C23H31O3P.Li.H/c1-7-25-12-13-26-19-8-10-20(11-9-19)27-22(24)21-16(2)14-18(15-17(21)3)23(4,5)6;;/h8-11,14-15,27H,7,12-13H2,1-6H3;;/q;+1;-1. The maximum Gasteiger partial charge on any atom is 1.00 e. The molecule has 0 radical (unpaired) electrons. The first-order valence-electron chi connectivity index (χ1n) is 9.46. The van der Waals surface area contributed by atoms with Crippen molar-refractivity contribution < 1.29 is 34.6 Å². The first-order chi connectivity index (χ1) is 12.7. The van der Waals surface area contributed by atoms with E-state index in [0.717, 1.165) is 27.7 Å². The average Bonchev–Trinajstić information content (AvgIpc) is 2.58. The van der Waals surface area contributed by atoms with Crippen LogP contribution < -0.4 is 28.9 Å². The largest absolute Gasteiger partial charge is 1.00 e. The molecule has 148 valence electrons. The Morgan fingerprint density at radius 1 is 1.04 bits per heavy atom. The molecule has 1 unspecified atom stereocenters. The molecule has 0 bridgehead atoms. The quantitative estimate of drug-likeness (QED) is 0.392. The molecular formula is C23H32LiO3P. The summed E-state index contributed by atoms with van der Waals surface area (Å²) in [6, 6.07) is 12.1. The fourth-order valence-corrected chi connectivity index (χ4v) is 4.06. The molecule has 2 rings (SSSR count). The molecule has 0 aliphatic carbocycles. The van der Waals surface area contributed by atoms with Gasteiger partial charge in [0.05, 0.1) is 6.61 Å². The van der Waals surface area contributed by atoms with Crippen LogP contribution in [0.2, 0.25) is 0 Å². The molecule has 3 nitrogen and oxygen atoms in total. The number of hydrogen-bond acceptors (Lipinski definition) is 3. The Morgan fingerprint density at radius 3 is 2.11 bits per heavy atom. The summed E-state index contributed by atoms with van der Waals surface area (Å²) in [6.07, 6.45) is 0. The minimum Gasteiger partial charge on any atom is -1.00 e. The van der Waals surface area contributed by atoms with Gasteiger partial charge in [-0.2, -0.15) is 0 Å². The van der Waals surface area contributed by atoms with Crippen molar-refractivity contribution in [3.63, 3.8) is 0 Å². The van der Waals surface area contributed by atoms with Crippen LogP contribution in [0.5, 0.6) is 5.75 Å². The minimum absolute atomic E-state index is 0. The number of hydrogen-bond donors (Lipinski definition) is 0. The molecule has 0 amide bonds. The number of aryl methyl sites for hydroxylation is 2. The summed E-state index contributed by atoms with van der Waals surface area (Å²) < 4.78 is 10.9. The van der Waals surface area contributed by atoms with E-state index in [2.05, 4.69) is 32.9 Å². The number of carbonyl (C=O) groups is 1. The van der Waals surface area contributed by atoms with Gasteiger partial charge in [0.15, 0.2) is 5.52 Å². The summed E-state index contributed by atoms with van der Waals surface area (Å²) in [5.41, 5.74) is 4.53. The molecule has 0 N–H and O–H groups in total. The molecule has 0 saturated carbocycles. The van der Waals surface area contributed by atoms with Gasteiger partial charge in [-0.1, -0.05) is 45.0 Å². The zero-order chi connectivity index (χ0) is 20.0. The SMILES string of the molecule is CCOCCOc1ccc(PC(=O)c2c(C)cc(C(C)(C)C)cc2C)cc1.[H-].[Li+]. The van der Waals surface area contributed by atoms with E-state index >= 15 is 0 Å². The molecule has 2 aromatic carbocycles. The van der Waals surface area contributed by atoms with Crippen LogP contribution in [-0.2, 0) is 10.2 Å². The summed E-state index contributed by atoms with van der Waals surface area (Å²) >= 11 is 0. The first-order valence-corrected chi connectivity index (χ1v) is 10.5. The third-order valence-electron chi connectivity index (χ3n) is 4.44. The number of benzene rings is 2. The Kier molecular flexibility index (Phi) is 9.95. The van der Waals surface area contributed by atoms with Gasteiger partial charge in [0, 0.05) is 12.2 Å². The number of rotatable bonds is 8. The van der Waals surface area contributed by atoms with Crippen LogP contribution in [0, 0.1) is 13.8 Å². The molecule has 0 aliphatic rings. The van der Waals surface area contributed by atoms with Gasteiger partial charge >= 0.3 is 18.9 Å². The smallest absolute Gasteiger partial charge is 1.00 e. The third-order valence-corrected chi connectivity index (χ3v) is 5.54. The van der Waals surface area contributed by atoms with Crippen molar-refractivity contribution >= 4 is 19.4 Å². The van der Waals surface area contributed by atoms with E-state index in [1.807, 2.05) is 45.0 Å². The van der Waals surface area contributed by atoms with Gasteiger partial charge in [0.25, 0.3) is 0 Å². The van der Waals surface area contributed by atoms with Gasteiger partial charge in [0.1, 0.15) is 12.4 Å². The van der Waals surface area contributed by atoms with Crippen molar-refractivity contribution in [1.82, 2.24) is 0 Å². The summed E-state index contributed by atoms with van der Waals surface area (Å²) in [6.45, 7) is 14.4. The zero-order valence-electron chi connectivity index (χ0n) is 19.3. The van der Waals surface area contributed by atoms with Gasteiger partial charge < -0.3 is 10.9 Å². The molecule has 0 heterocycles. The average molecular weight is 394 g/mol. The van der Waals surface area contributed by atoms with Gasteiger partial charge in [-0.25, -0.2) is 0 Å². The van der Waals surface area contributed by atoms with Crippen LogP contribution in [-0.4, -0.2) is 25.3 Å². The van der Waals surface area contributed by atoms with Crippen LogP contribution in [0.15, 0.2) is 36.4 Å². The predicted octanol–water partition coefficient (Wildman–Crippen LogP) is 2.28. The van der Waals surface area contributed by atoms with Crippen LogP contribution in [0.1, 0.15) is 56.2 Å². The van der Waals surface area contributed by atoms with E-state index in [4.69, 9.17) is 9.47 Å². The molecule has 5 heteroatoms. The van der Waals surface area contributed by atoms with E-state index < -0.39 is 0 Å². The number of ether oxygens (including phenoxy) is 2. The van der Waals surface area contributed by atoms with Crippen molar-refractivity contribution in [3.05, 3.63) is 58.7 Å². The van der Waals surface area contributed by atoms with Crippen molar-refractivity contribution in [2.24, 2.45) is 0 Å². The Balaban J connectivity index is 0.00000392.